The highest BCUT2D eigenvalue weighted by atomic mass is 79.9. The van der Waals surface area contributed by atoms with Crippen molar-refractivity contribution < 1.29 is 0 Å². The third-order valence-corrected chi connectivity index (χ3v) is 5.79. The maximum atomic E-state index is 2.96. The largest absolute Gasteiger partial charge is 0.114 e. The fraction of sp³-hybridized carbons (Fsp3) is 0.111. The maximum Gasteiger partial charge on any atom is -0.00167 e. The van der Waals surface area contributed by atoms with Crippen LogP contribution in [0.2, 0.25) is 0 Å². The Hall–Kier alpha value is -2.21. The summed E-state index contributed by atoms with van der Waals surface area (Å²) in [5, 5.41) is 1.30. The van der Waals surface area contributed by atoms with E-state index in [-0.39, 0.29) is 17.0 Å². The van der Waals surface area contributed by atoms with Crippen LogP contribution in [0, 0.1) is 0 Å². The molecule has 0 aliphatic rings. The van der Waals surface area contributed by atoms with E-state index < -0.39 is 0 Å². The van der Waals surface area contributed by atoms with Crippen LogP contribution in [-0.4, -0.2) is 0 Å². The molecule has 4 aromatic rings. The lowest BCUT2D eigenvalue weighted by Crippen LogP contribution is -2.12. The SMILES string of the molecule is Br.Pc1ccc(Cc2ccccc2)c(Cc2ccccc2)c1Cc1ccccc1. The normalized spacial score (nSPS) is 10.4. The molecule has 0 aliphatic carbocycles. The summed E-state index contributed by atoms with van der Waals surface area (Å²) in [5.74, 6) is 0. The van der Waals surface area contributed by atoms with Gasteiger partial charge in [0.2, 0.25) is 0 Å². The molecule has 29 heavy (non-hydrogen) atoms. The van der Waals surface area contributed by atoms with Gasteiger partial charge in [0.15, 0.2) is 0 Å². The van der Waals surface area contributed by atoms with Gasteiger partial charge in [0.05, 0.1) is 0 Å². The molecule has 1 atom stereocenters. The molecule has 0 nitrogen and oxygen atoms in total. The summed E-state index contributed by atoms with van der Waals surface area (Å²) in [6, 6.07) is 36.9. The highest BCUT2D eigenvalue weighted by molar-refractivity contribution is 8.93. The second-order valence-corrected chi connectivity index (χ2v) is 7.88. The Morgan fingerprint density at radius 1 is 0.448 bits per heavy atom. The van der Waals surface area contributed by atoms with Crippen LogP contribution in [0.25, 0.3) is 0 Å². The minimum Gasteiger partial charge on any atom is -0.114 e. The van der Waals surface area contributed by atoms with Gasteiger partial charge < -0.3 is 0 Å². The molecule has 2 heteroatoms. The molecule has 0 heterocycles. The summed E-state index contributed by atoms with van der Waals surface area (Å²) < 4.78 is 0. The van der Waals surface area contributed by atoms with Crippen LogP contribution in [0.4, 0.5) is 0 Å². The summed E-state index contributed by atoms with van der Waals surface area (Å²) >= 11 is 0. The van der Waals surface area contributed by atoms with Crippen molar-refractivity contribution in [1.82, 2.24) is 0 Å². The van der Waals surface area contributed by atoms with Crippen molar-refractivity contribution in [1.29, 1.82) is 0 Å². The number of rotatable bonds is 6. The topological polar surface area (TPSA) is 0 Å². The zero-order valence-corrected chi connectivity index (χ0v) is 19.3. The highest BCUT2D eigenvalue weighted by Gasteiger charge is 2.13. The lowest BCUT2D eigenvalue weighted by molar-refractivity contribution is 1.04. The molecule has 0 amide bonds. The first-order valence-corrected chi connectivity index (χ1v) is 10.4. The second-order valence-electron chi connectivity index (χ2n) is 7.26. The molecule has 0 spiro atoms. The smallest absolute Gasteiger partial charge is 0.00167 e. The quantitative estimate of drug-likeness (QED) is 0.286. The minimum atomic E-state index is 0. The molecule has 0 radical (unpaired) electrons. The van der Waals surface area contributed by atoms with Gasteiger partial charge in [-0.3, -0.25) is 0 Å². The lowest BCUT2D eigenvalue weighted by Gasteiger charge is -2.18. The third-order valence-electron chi connectivity index (χ3n) is 5.25. The van der Waals surface area contributed by atoms with Crippen molar-refractivity contribution in [3.8, 4) is 0 Å². The predicted molar refractivity (Wildman–Crippen MR) is 134 cm³/mol. The highest BCUT2D eigenvalue weighted by Crippen LogP contribution is 2.24. The van der Waals surface area contributed by atoms with Crippen molar-refractivity contribution in [3.05, 3.63) is 137 Å². The molecule has 0 bridgehead atoms. The standard InChI is InChI=1S/C27H25P.BrH/c28-27-17-16-24(18-21-10-4-1-5-11-21)25(19-22-12-6-2-7-13-22)26(27)20-23-14-8-3-9-15-23;/h1-17H,18-20,28H2;1H. The summed E-state index contributed by atoms with van der Waals surface area (Å²) in [4.78, 5) is 0. The van der Waals surface area contributed by atoms with Crippen molar-refractivity contribution in [3.63, 3.8) is 0 Å². The molecule has 4 rings (SSSR count). The Morgan fingerprint density at radius 2 is 0.862 bits per heavy atom. The van der Waals surface area contributed by atoms with Gasteiger partial charge in [0, 0.05) is 0 Å². The van der Waals surface area contributed by atoms with E-state index in [0.717, 1.165) is 19.3 Å². The van der Waals surface area contributed by atoms with Crippen LogP contribution in [0.5, 0.6) is 0 Å². The van der Waals surface area contributed by atoms with Crippen LogP contribution in [-0.2, 0) is 19.3 Å². The molecular weight excluding hydrogens is 435 g/mol. The van der Waals surface area contributed by atoms with E-state index in [1.807, 2.05) is 0 Å². The molecule has 0 aromatic heterocycles. The molecule has 146 valence electrons. The lowest BCUT2D eigenvalue weighted by atomic mass is 9.88. The number of benzene rings is 4. The van der Waals surface area contributed by atoms with E-state index in [4.69, 9.17) is 0 Å². The maximum absolute atomic E-state index is 2.96. The van der Waals surface area contributed by atoms with Crippen molar-refractivity contribution in [2.75, 3.05) is 0 Å². The monoisotopic (exact) mass is 460 g/mol. The molecule has 0 N–H and O–H groups in total. The third kappa shape index (κ3) is 5.66. The second kappa shape index (κ2) is 10.5. The molecule has 1 unspecified atom stereocenters. The van der Waals surface area contributed by atoms with E-state index in [0.29, 0.717) is 0 Å². The summed E-state index contributed by atoms with van der Waals surface area (Å²) in [7, 11) is 2.96. The van der Waals surface area contributed by atoms with E-state index in [9.17, 15) is 0 Å². The zero-order valence-electron chi connectivity index (χ0n) is 16.4. The fourth-order valence-corrected chi connectivity index (χ4v) is 4.14. The van der Waals surface area contributed by atoms with Crippen molar-refractivity contribution in [2.45, 2.75) is 19.3 Å². The van der Waals surface area contributed by atoms with E-state index in [1.165, 1.54) is 38.7 Å². The first-order valence-electron chi connectivity index (χ1n) is 9.80. The number of halogens is 1. The summed E-state index contributed by atoms with van der Waals surface area (Å²) in [5.41, 5.74) is 8.41. The van der Waals surface area contributed by atoms with Crippen LogP contribution < -0.4 is 5.30 Å². The Balaban J connectivity index is 0.00000240. The van der Waals surface area contributed by atoms with Gasteiger partial charge in [-0.15, -0.1) is 26.2 Å². The van der Waals surface area contributed by atoms with Gasteiger partial charge in [-0.2, -0.15) is 0 Å². The minimum absolute atomic E-state index is 0. The average molecular weight is 461 g/mol. The van der Waals surface area contributed by atoms with Gasteiger partial charge in [0.25, 0.3) is 0 Å². The first kappa shape index (κ1) is 21.5. The molecular formula is C27H26BrP. The average Bonchev–Trinajstić information content (AvgIpc) is 2.75. The first-order chi connectivity index (χ1) is 13.8. The van der Waals surface area contributed by atoms with Crippen molar-refractivity contribution >= 4 is 31.5 Å². The van der Waals surface area contributed by atoms with Gasteiger partial charge in [-0.25, -0.2) is 0 Å². The molecule has 0 fully saturated rings. The van der Waals surface area contributed by atoms with Crippen molar-refractivity contribution in [2.24, 2.45) is 0 Å². The van der Waals surface area contributed by atoms with Crippen LogP contribution in [0.3, 0.4) is 0 Å². The van der Waals surface area contributed by atoms with E-state index in [2.05, 4.69) is 112 Å². The van der Waals surface area contributed by atoms with Gasteiger partial charge >= 0.3 is 0 Å². The molecule has 0 saturated carbocycles. The van der Waals surface area contributed by atoms with Gasteiger partial charge in [-0.1, -0.05) is 103 Å². The fourth-order valence-electron chi connectivity index (χ4n) is 3.77. The summed E-state index contributed by atoms with van der Waals surface area (Å²) in [6.07, 6.45) is 2.90. The van der Waals surface area contributed by atoms with Crippen LogP contribution in [0.1, 0.15) is 33.4 Å². The molecule has 4 aromatic carbocycles. The Bertz CT molecular complexity index is 1030. The number of hydrogen-bond donors (Lipinski definition) is 0. The molecule has 0 saturated heterocycles. The van der Waals surface area contributed by atoms with Gasteiger partial charge in [-0.05, 0) is 57.9 Å². The Labute approximate surface area is 187 Å². The Kier molecular flexibility index (Phi) is 7.81. The van der Waals surface area contributed by atoms with Crippen LogP contribution >= 0.6 is 26.2 Å². The van der Waals surface area contributed by atoms with Crippen LogP contribution in [0.15, 0.2) is 103 Å². The summed E-state index contributed by atoms with van der Waals surface area (Å²) in [6.45, 7) is 0. The van der Waals surface area contributed by atoms with E-state index in [1.54, 1.807) is 0 Å². The number of hydrogen-bond acceptors (Lipinski definition) is 0. The Morgan fingerprint density at radius 3 is 1.34 bits per heavy atom. The van der Waals surface area contributed by atoms with E-state index >= 15 is 0 Å². The zero-order chi connectivity index (χ0) is 19.2. The van der Waals surface area contributed by atoms with Gasteiger partial charge in [0.1, 0.15) is 0 Å². The molecule has 0 aliphatic heterocycles. The predicted octanol–water partition coefficient (Wildman–Crippen LogP) is 6.54.